The van der Waals surface area contributed by atoms with E-state index in [4.69, 9.17) is 39.5 Å². The third-order valence-corrected chi connectivity index (χ3v) is 4.96. The van der Waals surface area contributed by atoms with E-state index in [9.17, 15) is 14.4 Å². The van der Waals surface area contributed by atoms with Crippen molar-refractivity contribution >= 4 is 63.4 Å². The zero-order valence-corrected chi connectivity index (χ0v) is 17.3. The van der Waals surface area contributed by atoms with Gasteiger partial charge >= 0.3 is 5.97 Å². The minimum Gasteiger partial charge on any atom is -0.456 e. The summed E-state index contributed by atoms with van der Waals surface area (Å²) in [6, 6.07) is 2.78. The molecular weight excluding hydrogens is 445 g/mol. The van der Waals surface area contributed by atoms with Crippen molar-refractivity contribution in [1.29, 1.82) is 0 Å². The van der Waals surface area contributed by atoms with Crippen molar-refractivity contribution in [3.05, 3.63) is 50.1 Å². The van der Waals surface area contributed by atoms with Gasteiger partial charge in [-0.25, -0.2) is 4.98 Å². The number of fused-ring (bicyclic) bond motifs is 1. The second kappa shape index (κ2) is 8.81. The average molecular weight is 459 g/mol. The van der Waals surface area contributed by atoms with Crippen molar-refractivity contribution in [2.45, 2.75) is 13.0 Å². The Kier molecular flexibility index (Phi) is 6.41. The third kappa shape index (κ3) is 4.87. The molecule has 0 unspecified atom stereocenters. The number of esters is 1. The third-order valence-electron chi connectivity index (χ3n) is 3.92. The second-order valence-electron chi connectivity index (χ2n) is 5.95. The van der Waals surface area contributed by atoms with Gasteiger partial charge in [0.05, 0.1) is 39.7 Å². The molecule has 0 atom stereocenters. The lowest BCUT2D eigenvalue weighted by molar-refractivity contribution is -0.147. The summed E-state index contributed by atoms with van der Waals surface area (Å²) in [5, 5.41) is 7.45. The molecule has 12 heteroatoms. The summed E-state index contributed by atoms with van der Waals surface area (Å²) in [4.78, 5) is 40.3. The Hall–Kier alpha value is -2.62. The summed E-state index contributed by atoms with van der Waals surface area (Å²) >= 11 is 17.7. The Morgan fingerprint density at radius 2 is 1.90 bits per heavy atom. The van der Waals surface area contributed by atoms with Crippen molar-refractivity contribution in [1.82, 2.24) is 19.3 Å². The van der Waals surface area contributed by atoms with Crippen LogP contribution >= 0.6 is 34.8 Å². The SMILES string of the molecule is Cn1ncc2c(=O)n(CCC(=O)OCC(=O)Nc3cc(Cl)c(Cl)cc3Cl)cnc21. The van der Waals surface area contributed by atoms with Gasteiger partial charge < -0.3 is 10.1 Å². The first-order chi connectivity index (χ1) is 13.8. The van der Waals surface area contributed by atoms with Crippen LogP contribution in [0.2, 0.25) is 15.1 Å². The van der Waals surface area contributed by atoms with E-state index in [1.54, 1.807) is 7.05 Å². The molecule has 9 nitrogen and oxygen atoms in total. The van der Waals surface area contributed by atoms with Gasteiger partial charge in [-0.05, 0) is 12.1 Å². The molecule has 0 spiro atoms. The fourth-order valence-corrected chi connectivity index (χ4v) is 3.05. The van der Waals surface area contributed by atoms with Crippen LogP contribution in [0.1, 0.15) is 6.42 Å². The maximum Gasteiger partial charge on any atom is 0.308 e. The number of nitrogens with one attached hydrogen (secondary N) is 1. The molecule has 1 aromatic carbocycles. The van der Waals surface area contributed by atoms with Gasteiger partial charge in [0.2, 0.25) is 0 Å². The molecule has 0 radical (unpaired) electrons. The highest BCUT2D eigenvalue weighted by molar-refractivity contribution is 6.44. The predicted octanol–water partition coefficient (Wildman–Crippen LogP) is 2.66. The van der Waals surface area contributed by atoms with Gasteiger partial charge in [0.15, 0.2) is 12.3 Å². The van der Waals surface area contributed by atoms with E-state index >= 15 is 0 Å². The van der Waals surface area contributed by atoms with Crippen molar-refractivity contribution < 1.29 is 14.3 Å². The zero-order chi connectivity index (χ0) is 21.1. The summed E-state index contributed by atoms with van der Waals surface area (Å²) in [6.07, 6.45) is 2.63. The molecule has 2 heterocycles. The first-order valence-corrected chi connectivity index (χ1v) is 9.37. The van der Waals surface area contributed by atoms with Crippen LogP contribution in [0.25, 0.3) is 11.0 Å². The molecule has 0 saturated heterocycles. The molecular formula is C17H14Cl3N5O4. The van der Waals surface area contributed by atoms with Crippen LogP contribution in [0.3, 0.4) is 0 Å². The average Bonchev–Trinajstić information content (AvgIpc) is 3.05. The number of carbonyl (C=O) groups excluding carboxylic acids is 2. The summed E-state index contributed by atoms with van der Waals surface area (Å²) < 4.78 is 7.68. The van der Waals surface area contributed by atoms with Gasteiger partial charge in [-0.15, -0.1) is 0 Å². The summed E-state index contributed by atoms with van der Waals surface area (Å²) in [6.45, 7) is -0.472. The molecule has 0 saturated carbocycles. The van der Waals surface area contributed by atoms with Crippen LogP contribution in [-0.2, 0) is 27.9 Å². The molecule has 3 rings (SSSR count). The quantitative estimate of drug-likeness (QED) is 0.449. The molecule has 0 aliphatic rings. The van der Waals surface area contributed by atoms with E-state index in [-0.39, 0.29) is 39.3 Å². The Bertz CT molecular complexity index is 1160. The highest BCUT2D eigenvalue weighted by Gasteiger charge is 2.13. The first kappa shape index (κ1) is 21.1. The normalized spacial score (nSPS) is 10.9. The molecule has 1 N–H and O–H groups in total. The lowest BCUT2D eigenvalue weighted by Crippen LogP contribution is -2.24. The van der Waals surface area contributed by atoms with Crippen LogP contribution < -0.4 is 10.9 Å². The fourth-order valence-electron chi connectivity index (χ4n) is 2.46. The van der Waals surface area contributed by atoms with E-state index in [2.05, 4.69) is 15.4 Å². The van der Waals surface area contributed by atoms with Crippen molar-refractivity contribution in [2.75, 3.05) is 11.9 Å². The number of benzene rings is 1. The second-order valence-corrected chi connectivity index (χ2v) is 7.18. The van der Waals surface area contributed by atoms with Gasteiger partial charge in [0.1, 0.15) is 5.39 Å². The van der Waals surface area contributed by atoms with Crippen LogP contribution in [-0.4, -0.2) is 37.8 Å². The highest BCUT2D eigenvalue weighted by Crippen LogP contribution is 2.32. The molecule has 3 aromatic rings. The molecule has 29 heavy (non-hydrogen) atoms. The van der Waals surface area contributed by atoms with Crippen LogP contribution in [0.4, 0.5) is 5.69 Å². The number of hydrogen-bond donors (Lipinski definition) is 1. The van der Waals surface area contributed by atoms with E-state index in [0.29, 0.717) is 11.0 Å². The predicted molar refractivity (Wildman–Crippen MR) is 108 cm³/mol. The minimum atomic E-state index is -0.654. The maximum absolute atomic E-state index is 12.3. The van der Waals surface area contributed by atoms with Crippen molar-refractivity contribution in [3.63, 3.8) is 0 Å². The topological polar surface area (TPSA) is 108 Å². The molecule has 2 aromatic heterocycles. The van der Waals surface area contributed by atoms with Crippen LogP contribution in [0, 0.1) is 0 Å². The molecule has 1 amide bonds. The van der Waals surface area contributed by atoms with Gasteiger partial charge in [0.25, 0.3) is 11.5 Å². The molecule has 0 aliphatic carbocycles. The number of anilines is 1. The van der Waals surface area contributed by atoms with Crippen molar-refractivity contribution in [3.8, 4) is 0 Å². The number of aromatic nitrogens is 4. The van der Waals surface area contributed by atoms with Crippen LogP contribution in [0.15, 0.2) is 29.5 Å². The Labute approximate surface area is 179 Å². The molecule has 0 fully saturated rings. The van der Waals surface area contributed by atoms with E-state index in [0.717, 1.165) is 0 Å². The van der Waals surface area contributed by atoms with Crippen molar-refractivity contribution in [2.24, 2.45) is 7.05 Å². The summed E-state index contributed by atoms with van der Waals surface area (Å²) in [5.74, 6) is -1.26. The number of nitrogens with zero attached hydrogens (tertiary/aromatic N) is 4. The van der Waals surface area contributed by atoms with E-state index in [1.165, 1.54) is 33.9 Å². The smallest absolute Gasteiger partial charge is 0.308 e. The monoisotopic (exact) mass is 457 g/mol. The molecule has 0 bridgehead atoms. The van der Waals surface area contributed by atoms with Gasteiger partial charge in [0, 0.05) is 13.6 Å². The van der Waals surface area contributed by atoms with Gasteiger partial charge in [-0.3, -0.25) is 23.6 Å². The van der Waals surface area contributed by atoms with Gasteiger partial charge in [-0.1, -0.05) is 34.8 Å². The summed E-state index contributed by atoms with van der Waals surface area (Å²) in [7, 11) is 1.67. The summed E-state index contributed by atoms with van der Waals surface area (Å²) in [5.41, 5.74) is 0.374. The highest BCUT2D eigenvalue weighted by atomic mass is 35.5. The van der Waals surface area contributed by atoms with E-state index in [1.807, 2.05) is 0 Å². The largest absolute Gasteiger partial charge is 0.456 e. The molecule has 0 aliphatic heterocycles. The number of ether oxygens (including phenoxy) is 1. The Morgan fingerprint density at radius 1 is 1.17 bits per heavy atom. The Morgan fingerprint density at radius 3 is 2.66 bits per heavy atom. The lowest BCUT2D eigenvalue weighted by Gasteiger charge is -2.09. The number of aryl methyl sites for hydroxylation is 2. The van der Waals surface area contributed by atoms with Gasteiger partial charge in [-0.2, -0.15) is 5.10 Å². The molecule has 152 valence electrons. The fraction of sp³-hybridized carbons (Fsp3) is 0.235. The number of halogens is 3. The maximum atomic E-state index is 12.3. The lowest BCUT2D eigenvalue weighted by atomic mass is 10.3. The number of carbonyl (C=O) groups is 2. The Balaban J connectivity index is 1.52. The number of amides is 1. The van der Waals surface area contributed by atoms with E-state index < -0.39 is 18.5 Å². The zero-order valence-electron chi connectivity index (χ0n) is 15.0. The standard InChI is InChI=1S/C17H14Cl3N5O4/c1-24-16-9(6-22-24)17(28)25(8-21-16)3-2-15(27)29-7-14(26)23-13-5-11(19)10(18)4-12(13)20/h4-6,8H,2-3,7H2,1H3,(H,23,26). The minimum absolute atomic E-state index is 0.0513. The first-order valence-electron chi connectivity index (χ1n) is 8.23. The van der Waals surface area contributed by atoms with Crippen LogP contribution in [0.5, 0.6) is 0 Å². The number of hydrogen-bond acceptors (Lipinski definition) is 6. The number of rotatable bonds is 6.